The van der Waals surface area contributed by atoms with Crippen molar-refractivity contribution in [3.05, 3.63) is 57.8 Å². The van der Waals surface area contributed by atoms with Crippen molar-refractivity contribution < 1.29 is 9.90 Å². The number of benzene rings is 1. The van der Waals surface area contributed by atoms with Crippen molar-refractivity contribution in [3.8, 4) is 5.75 Å². The van der Waals surface area contributed by atoms with Gasteiger partial charge in [0.15, 0.2) is 0 Å². The van der Waals surface area contributed by atoms with Crippen molar-refractivity contribution in [2.24, 2.45) is 0 Å². The molecule has 1 aliphatic rings. The summed E-state index contributed by atoms with van der Waals surface area (Å²) in [4.78, 5) is 17.0. The minimum absolute atomic E-state index is 0.173. The Labute approximate surface area is 135 Å². The third kappa shape index (κ3) is 2.72. The number of aryl methyl sites for hydroxylation is 2. The number of carbonyl (C=O) groups is 1. The monoisotopic (exact) mass is 308 g/mol. The van der Waals surface area contributed by atoms with Gasteiger partial charge in [-0.05, 0) is 61.9 Å². The largest absolute Gasteiger partial charge is 0.506 e. The van der Waals surface area contributed by atoms with Crippen LogP contribution in [0.1, 0.15) is 44.7 Å². The van der Waals surface area contributed by atoms with Crippen molar-refractivity contribution in [2.45, 2.75) is 33.6 Å². The van der Waals surface area contributed by atoms with E-state index in [1.165, 1.54) is 5.56 Å². The van der Waals surface area contributed by atoms with Crippen LogP contribution in [0.25, 0.3) is 6.08 Å². The molecule has 0 saturated carbocycles. The quantitative estimate of drug-likeness (QED) is 0.883. The maximum atomic E-state index is 12.7. The van der Waals surface area contributed by atoms with Gasteiger partial charge in [-0.2, -0.15) is 0 Å². The van der Waals surface area contributed by atoms with E-state index in [1.54, 1.807) is 6.92 Å². The van der Waals surface area contributed by atoms with E-state index in [0.29, 0.717) is 17.1 Å². The highest BCUT2D eigenvalue weighted by atomic mass is 16.3. The number of hydrogen-bond acceptors (Lipinski definition) is 3. The molecule has 0 fully saturated rings. The number of aromatic nitrogens is 1. The van der Waals surface area contributed by atoms with Crippen molar-refractivity contribution in [1.82, 2.24) is 4.98 Å². The molecule has 1 aliphatic carbocycles. The zero-order valence-electron chi connectivity index (χ0n) is 13.6. The van der Waals surface area contributed by atoms with Crippen molar-refractivity contribution in [3.63, 3.8) is 0 Å². The Hall–Kier alpha value is -2.62. The Morgan fingerprint density at radius 3 is 2.78 bits per heavy atom. The number of amides is 1. The van der Waals surface area contributed by atoms with Gasteiger partial charge in [-0.1, -0.05) is 24.3 Å². The van der Waals surface area contributed by atoms with Crippen molar-refractivity contribution >= 4 is 17.8 Å². The highest BCUT2D eigenvalue weighted by Gasteiger charge is 2.18. The molecule has 0 aliphatic heterocycles. The average Bonchev–Trinajstić information content (AvgIpc) is 2.57. The molecular formula is C19H20N2O2. The standard InChI is InChI=1S/C19H20N2O2/c1-11-12(2)18(20-13(3)17(11)22)21-19(23)16-10-6-8-14-7-4-5-9-15(14)16/h5-6,8-10,22H,4,7H2,1-3H3,(H,20,21,23). The predicted octanol–water partition coefficient (Wildman–Crippen LogP) is 3.92. The number of pyridine rings is 1. The lowest BCUT2D eigenvalue weighted by atomic mass is 9.93. The fourth-order valence-electron chi connectivity index (χ4n) is 2.89. The van der Waals surface area contributed by atoms with Crippen LogP contribution in [0.3, 0.4) is 0 Å². The van der Waals surface area contributed by atoms with Crippen LogP contribution in [0.5, 0.6) is 5.75 Å². The van der Waals surface area contributed by atoms with Gasteiger partial charge in [-0.25, -0.2) is 4.98 Å². The molecule has 4 nitrogen and oxygen atoms in total. The second kappa shape index (κ2) is 5.88. The summed E-state index contributed by atoms with van der Waals surface area (Å²) in [5.74, 6) is 0.509. The number of anilines is 1. The summed E-state index contributed by atoms with van der Waals surface area (Å²) in [6, 6.07) is 5.81. The maximum Gasteiger partial charge on any atom is 0.257 e. The topological polar surface area (TPSA) is 62.2 Å². The van der Waals surface area contributed by atoms with Gasteiger partial charge in [0.1, 0.15) is 11.6 Å². The first-order valence-electron chi connectivity index (χ1n) is 7.75. The van der Waals surface area contributed by atoms with E-state index in [-0.39, 0.29) is 11.7 Å². The second-order valence-corrected chi connectivity index (χ2v) is 5.92. The SMILES string of the molecule is Cc1nc(NC(=O)c2cccc3c2C=CCC3)c(C)c(C)c1O. The van der Waals surface area contributed by atoms with Gasteiger partial charge in [-0.15, -0.1) is 0 Å². The summed E-state index contributed by atoms with van der Waals surface area (Å²) in [6.07, 6.45) is 6.08. The lowest BCUT2D eigenvalue weighted by Gasteiger charge is -2.16. The maximum absolute atomic E-state index is 12.7. The lowest BCUT2D eigenvalue weighted by Crippen LogP contribution is -2.17. The van der Waals surface area contributed by atoms with Crippen LogP contribution in [-0.2, 0) is 6.42 Å². The highest BCUT2D eigenvalue weighted by Crippen LogP contribution is 2.28. The molecule has 0 unspecified atom stereocenters. The number of allylic oxidation sites excluding steroid dienone is 1. The van der Waals surface area contributed by atoms with Crippen LogP contribution >= 0.6 is 0 Å². The van der Waals surface area contributed by atoms with Crippen molar-refractivity contribution in [1.29, 1.82) is 0 Å². The molecule has 2 N–H and O–H groups in total. The summed E-state index contributed by atoms with van der Waals surface area (Å²) in [7, 11) is 0. The molecule has 0 bridgehead atoms. The fraction of sp³-hybridized carbons (Fsp3) is 0.263. The average molecular weight is 308 g/mol. The predicted molar refractivity (Wildman–Crippen MR) is 91.9 cm³/mol. The third-order valence-electron chi connectivity index (χ3n) is 4.43. The van der Waals surface area contributed by atoms with Gasteiger partial charge >= 0.3 is 0 Å². The summed E-state index contributed by atoms with van der Waals surface area (Å²) in [6.45, 7) is 5.39. The molecule has 1 aromatic carbocycles. The highest BCUT2D eigenvalue weighted by molar-refractivity contribution is 6.07. The number of nitrogens with zero attached hydrogens (tertiary/aromatic N) is 1. The Bertz CT molecular complexity index is 823. The van der Waals surface area contributed by atoms with Gasteiger partial charge in [0.2, 0.25) is 0 Å². The fourth-order valence-corrected chi connectivity index (χ4v) is 2.89. The van der Waals surface area contributed by atoms with Gasteiger partial charge in [0.05, 0.1) is 5.69 Å². The smallest absolute Gasteiger partial charge is 0.257 e. The summed E-state index contributed by atoms with van der Waals surface area (Å²) in [5.41, 5.74) is 4.87. The number of fused-ring (bicyclic) bond motifs is 1. The van der Waals surface area contributed by atoms with E-state index in [4.69, 9.17) is 0 Å². The molecular weight excluding hydrogens is 288 g/mol. The first kappa shape index (κ1) is 15.3. The molecule has 1 aromatic heterocycles. The van der Waals surface area contributed by atoms with Crippen LogP contribution in [0.15, 0.2) is 24.3 Å². The van der Waals surface area contributed by atoms with Crippen LogP contribution in [0.4, 0.5) is 5.82 Å². The third-order valence-corrected chi connectivity index (χ3v) is 4.43. The molecule has 2 aromatic rings. The zero-order valence-corrected chi connectivity index (χ0v) is 13.6. The zero-order chi connectivity index (χ0) is 16.6. The molecule has 4 heteroatoms. The number of nitrogens with one attached hydrogen (secondary N) is 1. The van der Waals surface area contributed by atoms with Crippen LogP contribution < -0.4 is 5.32 Å². The molecule has 0 atom stereocenters. The molecule has 0 radical (unpaired) electrons. The number of carbonyl (C=O) groups excluding carboxylic acids is 1. The molecule has 0 spiro atoms. The van der Waals surface area contributed by atoms with Crippen molar-refractivity contribution in [2.75, 3.05) is 5.32 Å². The Balaban J connectivity index is 1.97. The second-order valence-electron chi connectivity index (χ2n) is 5.92. The van der Waals surface area contributed by atoms with Gasteiger partial charge in [0.25, 0.3) is 5.91 Å². The van der Waals surface area contributed by atoms with E-state index in [2.05, 4.69) is 22.4 Å². The first-order valence-corrected chi connectivity index (χ1v) is 7.75. The van der Waals surface area contributed by atoms with Crippen LogP contribution in [0, 0.1) is 20.8 Å². The molecule has 1 amide bonds. The van der Waals surface area contributed by atoms with E-state index >= 15 is 0 Å². The molecule has 0 saturated heterocycles. The molecule has 1 heterocycles. The Morgan fingerprint density at radius 2 is 2.00 bits per heavy atom. The number of aromatic hydroxyl groups is 1. The minimum Gasteiger partial charge on any atom is -0.506 e. The van der Waals surface area contributed by atoms with E-state index < -0.39 is 0 Å². The molecule has 3 rings (SSSR count). The number of rotatable bonds is 2. The minimum atomic E-state index is -0.173. The summed E-state index contributed by atoms with van der Waals surface area (Å²) in [5, 5.41) is 12.8. The summed E-state index contributed by atoms with van der Waals surface area (Å²) < 4.78 is 0. The summed E-state index contributed by atoms with van der Waals surface area (Å²) >= 11 is 0. The number of hydrogen-bond donors (Lipinski definition) is 2. The normalized spacial score (nSPS) is 12.8. The Morgan fingerprint density at radius 1 is 1.22 bits per heavy atom. The van der Waals surface area contributed by atoms with E-state index in [0.717, 1.165) is 29.5 Å². The van der Waals surface area contributed by atoms with E-state index in [1.807, 2.05) is 32.1 Å². The molecule has 23 heavy (non-hydrogen) atoms. The van der Waals surface area contributed by atoms with Gasteiger partial charge in [-0.3, -0.25) is 4.79 Å². The van der Waals surface area contributed by atoms with Gasteiger partial charge in [0, 0.05) is 5.56 Å². The van der Waals surface area contributed by atoms with Crippen LogP contribution in [0.2, 0.25) is 0 Å². The Kier molecular flexibility index (Phi) is 3.90. The van der Waals surface area contributed by atoms with Gasteiger partial charge < -0.3 is 10.4 Å². The lowest BCUT2D eigenvalue weighted by molar-refractivity contribution is 0.102. The van der Waals surface area contributed by atoms with Crippen LogP contribution in [-0.4, -0.2) is 16.0 Å². The molecule has 118 valence electrons. The first-order chi connectivity index (χ1) is 11.0. The van der Waals surface area contributed by atoms with E-state index in [9.17, 15) is 9.90 Å².